The fourth-order valence-electron chi connectivity index (χ4n) is 7.68. The highest BCUT2D eigenvalue weighted by molar-refractivity contribution is 7.89. The van der Waals surface area contributed by atoms with Crippen molar-refractivity contribution < 1.29 is 45.8 Å². The number of likely N-dealkylation sites (tertiary alicyclic amines) is 1. The lowest BCUT2D eigenvalue weighted by Gasteiger charge is -2.32. The summed E-state index contributed by atoms with van der Waals surface area (Å²) in [6.07, 6.45) is 3.75. The number of hydrogen-bond acceptors (Lipinski definition) is 7. The van der Waals surface area contributed by atoms with Crippen LogP contribution in [0.4, 0.5) is 13.2 Å². The number of carboxylic acid groups (broad SMARTS) is 1. The van der Waals surface area contributed by atoms with Gasteiger partial charge in [-0.15, -0.1) is 0 Å². The third-order valence-electron chi connectivity index (χ3n) is 11.0. The van der Waals surface area contributed by atoms with Gasteiger partial charge in [-0.2, -0.15) is 13.2 Å². The Hall–Kier alpha value is -5.25. The third-order valence-corrected chi connectivity index (χ3v) is 12.0. The molecule has 0 radical (unpaired) electrons. The quantitative estimate of drug-likeness (QED) is 0.118. The Morgan fingerprint density at radius 1 is 0.800 bits per heavy atom. The number of halogens is 3. The van der Waals surface area contributed by atoms with Crippen molar-refractivity contribution in [3.63, 3.8) is 0 Å². The standard InChI is InChI=1S/C43H52N4O5S.C2HF3O2/c1-52-40-13-4-8-35(27-40)28-42(48)47(30-34-14-16-41(17-15-34)53(44,50)51)31-36-9-3-10-37(26-36)38-11-5-12-39(29-38)43(49)46-24-20-33(21-25-46)7-2-6-32-18-22-45-23-19-32;3-2(4,5)1(6)7/h3-5,8-17,26-27,29,32-33,45H,2,6-7,18-25,28,30-31H2,1H3,(H2,44,50,51);(H,6,7). The average molecular weight is 851 g/mol. The van der Waals surface area contributed by atoms with Crippen molar-refractivity contribution in [2.24, 2.45) is 17.0 Å². The minimum Gasteiger partial charge on any atom is -0.497 e. The Kier molecular flexibility index (Phi) is 16.3. The SMILES string of the molecule is COc1cccc(CC(=O)N(Cc2ccc(S(N)(=O)=O)cc2)Cc2cccc(-c3cccc(C(=O)N4CCC(CCCC5CCNCC5)CC4)c3)c2)c1.O=C(O)C(F)(F)F. The molecule has 4 aromatic carbocycles. The minimum absolute atomic E-state index is 0.0201. The van der Waals surface area contributed by atoms with Crippen molar-refractivity contribution in [3.05, 3.63) is 119 Å². The summed E-state index contributed by atoms with van der Waals surface area (Å²) >= 11 is 0. The molecule has 2 heterocycles. The lowest BCUT2D eigenvalue weighted by atomic mass is 9.87. The van der Waals surface area contributed by atoms with Crippen LogP contribution in [0.2, 0.25) is 0 Å². The predicted molar refractivity (Wildman–Crippen MR) is 222 cm³/mol. The molecule has 0 saturated carbocycles. The monoisotopic (exact) mass is 850 g/mol. The van der Waals surface area contributed by atoms with Gasteiger partial charge < -0.3 is 25.0 Å². The van der Waals surface area contributed by atoms with Gasteiger partial charge in [0.05, 0.1) is 18.4 Å². The van der Waals surface area contributed by atoms with Crippen molar-refractivity contribution in [2.45, 2.75) is 75.5 Å². The smallest absolute Gasteiger partial charge is 0.490 e. The van der Waals surface area contributed by atoms with E-state index in [1.165, 1.54) is 44.2 Å². The number of nitrogens with zero attached hydrogens (tertiary/aromatic N) is 2. The Bertz CT molecular complexity index is 2170. The van der Waals surface area contributed by atoms with Crippen LogP contribution in [0, 0.1) is 11.8 Å². The summed E-state index contributed by atoms with van der Waals surface area (Å²) in [7, 11) is -2.24. The van der Waals surface area contributed by atoms with E-state index < -0.39 is 22.2 Å². The van der Waals surface area contributed by atoms with E-state index in [1.54, 1.807) is 24.1 Å². The van der Waals surface area contributed by atoms with E-state index in [0.29, 0.717) is 23.8 Å². The van der Waals surface area contributed by atoms with Gasteiger partial charge in [0.25, 0.3) is 5.91 Å². The molecule has 15 heteroatoms. The van der Waals surface area contributed by atoms with Crippen LogP contribution in [0.3, 0.4) is 0 Å². The highest BCUT2D eigenvalue weighted by Crippen LogP contribution is 2.28. The maximum absolute atomic E-state index is 13.8. The zero-order valence-corrected chi connectivity index (χ0v) is 34.5. The lowest BCUT2D eigenvalue weighted by Crippen LogP contribution is -2.38. The number of alkyl halides is 3. The number of hydrogen-bond donors (Lipinski definition) is 3. The number of carbonyl (C=O) groups excluding carboxylic acids is 2. The molecule has 6 rings (SSSR count). The molecular formula is C45H53F3N4O7S. The number of benzene rings is 4. The van der Waals surface area contributed by atoms with E-state index in [4.69, 9.17) is 19.8 Å². The molecule has 11 nitrogen and oxygen atoms in total. The first-order valence-electron chi connectivity index (χ1n) is 20.1. The number of piperidine rings is 2. The van der Waals surface area contributed by atoms with Crippen LogP contribution in [-0.4, -0.2) is 80.6 Å². The van der Waals surface area contributed by atoms with Gasteiger partial charge in [-0.25, -0.2) is 18.4 Å². The number of nitrogens with one attached hydrogen (secondary N) is 1. The number of methoxy groups -OCH3 is 1. The predicted octanol–water partition coefficient (Wildman–Crippen LogP) is 7.44. The number of carboxylic acids is 1. The first kappa shape index (κ1) is 45.8. The molecule has 0 aromatic heterocycles. The number of amides is 2. The van der Waals surface area contributed by atoms with Crippen LogP contribution >= 0.6 is 0 Å². The molecule has 322 valence electrons. The number of primary sulfonamides is 1. The topological polar surface area (TPSA) is 159 Å². The normalized spacial score (nSPS) is 15.1. The van der Waals surface area contributed by atoms with Crippen molar-refractivity contribution in [3.8, 4) is 16.9 Å². The molecule has 0 bridgehead atoms. The number of nitrogens with two attached hydrogens (primary N) is 1. The highest BCUT2D eigenvalue weighted by atomic mass is 32.2. The van der Waals surface area contributed by atoms with Crippen LogP contribution in [0.25, 0.3) is 11.1 Å². The van der Waals surface area contributed by atoms with Crippen LogP contribution < -0.4 is 15.2 Å². The minimum atomic E-state index is -5.08. The summed E-state index contributed by atoms with van der Waals surface area (Å²) in [6, 6.07) is 29.6. The molecular weight excluding hydrogens is 798 g/mol. The molecule has 4 N–H and O–H groups in total. The Labute approximate surface area is 349 Å². The van der Waals surface area contributed by atoms with Gasteiger partial charge in [-0.1, -0.05) is 73.9 Å². The third kappa shape index (κ3) is 13.9. The molecule has 2 saturated heterocycles. The molecule has 2 fully saturated rings. The number of carbonyl (C=O) groups is 3. The van der Waals surface area contributed by atoms with E-state index in [9.17, 15) is 31.2 Å². The summed E-state index contributed by atoms with van der Waals surface area (Å²) in [4.78, 5) is 40.2. The number of aliphatic carboxylic acids is 1. The molecule has 2 amide bonds. The Morgan fingerprint density at radius 3 is 1.98 bits per heavy atom. The summed E-state index contributed by atoms with van der Waals surface area (Å²) in [5.74, 6) is -0.500. The first-order valence-corrected chi connectivity index (χ1v) is 21.7. The summed E-state index contributed by atoms with van der Waals surface area (Å²) in [5.41, 5.74) is 5.13. The molecule has 0 atom stereocenters. The second-order valence-corrected chi connectivity index (χ2v) is 17.0. The van der Waals surface area contributed by atoms with Gasteiger partial charge >= 0.3 is 12.1 Å². The molecule has 4 aromatic rings. The van der Waals surface area contributed by atoms with Gasteiger partial charge in [0, 0.05) is 31.7 Å². The van der Waals surface area contributed by atoms with Gasteiger partial charge in [0.1, 0.15) is 5.75 Å². The van der Waals surface area contributed by atoms with E-state index in [1.807, 2.05) is 71.6 Å². The second-order valence-electron chi connectivity index (χ2n) is 15.4. The molecule has 0 unspecified atom stereocenters. The molecule has 2 aliphatic rings. The molecule has 0 spiro atoms. The van der Waals surface area contributed by atoms with E-state index in [0.717, 1.165) is 72.8 Å². The number of rotatable bonds is 14. The molecule has 60 heavy (non-hydrogen) atoms. The van der Waals surface area contributed by atoms with Crippen molar-refractivity contribution in [2.75, 3.05) is 33.3 Å². The van der Waals surface area contributed by atoms with Crippen LogP contribution in [0.5, 0.6) is 5.75 Å². The van der Waals surface area contributed by atoms with Gasteiger partial charge in [-0.05, 0) is 121 Å². The second kappa shape index (κ2) is 21.3. The van der Waals surface area contributed by atoms with Gasteiger partial charge in [0.15, 0.2) is 0 Å². The maximum Gasteiger partial charge on any atom is 0.490 e. The van der Waals surface area contributed by atoms with Crippen LogP contribution in [-0.2, 0) is 39.1 Å². The van der Waals surface area contributed by atoms with Gasteiger partial charge in [0.2, 0.25) is 15.9 Å². The summed E-state index contributed by atoms with van der Waals surface area (Å²) in [6.45, 7) is 4.54. The highest BCUT2D eigenvalue weighted by Gasteiger charge is 2.38. The largest absolute Gasteiger partial charge is 0.497 e. The Morgan fingerprint density at radius 2 is 1.37 bits per heavy atom. The zero-order valence-electron chi connectivity index (χ0n) is 33.7. The first-order chi connectivity index (χ1) is 28.6. The van der Waals surface area contributed by atoms with E-state index in [2.05, 4.69) is 11.4 Å². The average Bonchev–Trinajstić information content (AvgIpc) is 3.24. The summed E-state index contributed by atoms with van der Waals surface area (Å²) < 4.78 is 60.8. The zero-order chi connectivity index (χ0) is 43.3. The molecule has 2 aliphatic heterocycles. The fraction of sp³-hybridized carbons (Fsp3) is 0.400. The van der Waals surface area contributed by atoms with Crippen molar-refractivity contribution in [1.29, 1.82) is 0 Å². The summed E-state index contributed by atoms with van der Waals surface area (Å²) in [5, 5.41) is 15.9. The lowest BCUT2D eigenvalue weighted by molar-refractivity contribution is -0.192. The Balaban J connectivity index is 0.000000896. The fourth-order valence-corrected chi connectivity index (χ4v) is 8.20. The number of sulfonamides is 1. The van der Waals surface area contributed by atoms with Gasteiger partial charge in [-0.3, -0.25) is 9.59 Å². The van der Waals surface area contributed by atoms with E-state index in [-0.39, 0.29) is 29.7 Å². The van der Waals surface area contributed by atoms with Crippen LogP contribution in [0.1, 0.15) is 72.0 Å². The van der Waals surface area contributed by atoms with Crippen molar-refractivity contribution in [1.82, 2.24) is 15.1 Å². The number of ether oxygens (including phenoxy) is 1. The van der Waals surface area contributed by atoms with E-state index >= 15 is 0 Å². The van der Waals surface area contributed by atoms with Crippen molar-refractivity contribution >= 4 is 27.8 Å². The molecule has 0 aliphatic carbocycles. The maximum atomic E-state index is 13.8. The van der Waals surface area contributed by atoms with Crippen LogP contribution in [0.15, 0.2) is 102 Å².